The number of rotatable bonds is 6. The number of nitrogens with zero attached hydrogens (tertiary/aromatic N) is 3. The van der Waals surface area contributed by atoms with Crippen LogP contribution >= 0.6 is 11.3 Å². The lowest BCUT2D eigenvalue weighted by Gasteiger charge is -2.37. The molecular formula is C18H22F3N5O4S. The molecule has 1 saturated heterocycles. The van der Waals surface area contributed by atoms with Crippen molar-refractivity contribution in [3.63, 3.8) is 0 Å². The molecule has 0 spiro atoms. The number of amides is 1. The molecule has 2 aromatic rings. The summed E-state index contributed by atoms with van der Waals surface area (Å²) in [6.45, 7) is 4.08. The fourth-order valence-corrected chi connectivity index (χ4v) is 4.13. The van der Waals surface area contributed by atoms with Gasteiger partial charge in [-0.25, -0.2) is 14.8 Å². The van der Waals surface area contributed by atoms with Crippen LogP contribution in [0.1, 0.15) is 45.0 Å². The highest BCUT2D eigenvalue weighted by Crippen LogP contribution is 2.30. The van der Waals surface area contributed by atoms with Crippen LogP contribution in [0.15, 0.2) is 6.20 Å². The molecule has 1 amide bonds. The molecule has 3 heterocycles. The average Bonchev–Trinajstić information content (AvgIpc) is 3.35. The third-order valence-corrected chi connectivity index (χ3v) is 5.83. The Morgan fingerprint density at radius 2 is 2.16 bits per heavy atom. The zero-order valence-electron chi connectivity index (χ0n) is 17.1. The van der Waals surface area contributed by atoms with Crippen molar-refractivity contribution >= 4 is 28.3 Å². The smallest absolute Gasteiger partial charge is 0.435 e. The standard InChI is InChI=1S/C18H22F3N5O4S/c1-4-30-16(28)12-7-22-17(31-12)26-6-5-10(11(8-26)29-3)24-15(27)14-23-9(2)13(25-14)18(19,20)21/h7,10-11H,4-6,8H2,1-3H3,(H,23,25)(H,24,27). The van der Waals surface area contributed by atoms with Crippen LogP contribution in [0.25, 0.3) is 0 Å². The van der Waals surface area contributed by atoms with Crippen LogP contribution in [0.4, 0.5) is 18.3 Å². The van der Waals surface area contributed by atoms with E-state index in [2.05, 4.69) is 20.3 Å². The second kappa shape index (κ2) is 9.22. The van der Waals surface area contributed by atoms with Crippen LogP contribution in [-0.2, 0) is 15.7 Å². The molecule has 2 unspecified atom stereocenters. The Hall–Kier alpha value is -2.67. The Morgan fingerprint density at radius 1 is 1.42 bits per heavy atom. The maximum atomic E-state index is 12.9. The van der Waals surface area contributed by atoms with E-state index in [1.54, 1.807) is 6.92 Å². The van der Waals surface area contributed by atoms with Crippen molar-refractivity contribution in [3.05, 3.63) is 28.3 Å². The molecule has 9 nitrogen and oxygen atoms in total. The number of carbonyl (C=O) groups is 2. The van der Waals surface area contributed by atoms with Gasteiger partial charge in [0.25, 0.3) is 5.91 Å². The molecule has 0 radical (unpaired) electrons. The van der Waals surface area contributed by atoms with Crippen molar-refractivity contribution in [2.75, 3.05) is 31.7 Å². The molecule has 0 aliphatic carbocycles. The number of alkyl halides is 3. The largest absolute Gasteiger partial charge is 0.462 e. The Bertz CT molecular complexity index is 945. The lowest BCUT2D eigenvalue weighted by Crippen LogP contribution is -2.55. The van der Waals surface area contributed by atoms with E-state index in [1.165, 1.54) is 31.6 Å². The van der Waals surface area contributed by atoms with Crippen LogP contribution in [0.3, 0.4) is 0 Å². The molecule has 3 rings (SSSR count). The average molecular weight is 461 g/mol. The zero-order valence-corrected chi connectivity index (χ0v) is 17.9. The van der Waals surface area contributed by atoms with Gasteiger partial charge in [-0.1, -0.05) is 11.3 Å². The summed E-state index contributed by atoms with van der Waals surface area (Å²) >= 11 is 1.19. The molecule has 2 N–H and O–H groups in total. The number of imidazole rings is 1. The summed E-state index contributed by atoms with van der Waals surface area (Å²) < 4.78 is 49.2. The van der Waals surface area contributed by atoms with E-state index in [9.17, 15) is 22.8 Å². The third-order valence-electron chi connectivity index (χ3n) is 4.79. The number of aryl methyl sites for hydroxylation is 1. The van der Waals surface area contributed by atoms with Crippen LogP contribution in [0, 0.1) is 6.92 Å². The first-order chi connectivity index (χ1) is 14.6. The Labute approximate surface area is 180 Å². The number of aromatic amines is 1. The van der Waals surface area contributed by atoms with Crippen LogP contribution in [0.2, 0.25) is 0 Å². The summed E-state index contributed by atoms with van der Waals surface area (Å²) in [6.07, 6.45) is -3.17. The number of aromatic nitrogens is 3. The second-order valence-corrected chi connectivity index (χ2v) is 7.88. The van der Waals surface area contributed by atoms with Gasteiger partial charge in [-0.2, -0.15) is 13.2 Å². The first kappa shape index (κ1) is 23.0. The number of hydrogen-bond acceptors (Lipinski definition) is 8. The fraction of sp³-hybridized carbons (Fsp3) is 0.556. The summed E-state index contributed by atoms with van der Waals surface area (Å²) in [4.78, 5) is 36.6. The number of esters is 1. The molecule has 0 bridgehead atoms. The highest BCUT2D eigenvalue weighted by atomic mass is 32.1. The van der Waals surface area contributed by atoms with Gasteiger partial charge in [0.1, 0.15) is 4.88 Å². The number of carbonyl (C=O) groups excluding carboxylic acids is 2. The maximum absolute atomic E-state index is 12.9. The predicted molar refractivity (Wildman–Crippen MR) is 105 cm³/mol. The van der Waals surface area contributed by atoms with Gasteiger partial charge >= 0.3 is 12.1 Å². The van der Waals surface area contributed by atoms with E-state index in [4.69, 9.17) is 9.47 Å². The van der Waals surface area contributed by atoms with Gasteiger partial charge < -0.3 is 24.7 Å². The van der Waals surface area contributed by atoms with Crippen LogP contribution in [-0.4, -0.2) is 65.8 Å². The minimum atomic E-state index is -4.64. The number of anilines is 1. The van der Waals surface area contributed by atoms with E-state index in [0.29, 0.717) is 29.5 Å². The number of nitrogens with one attached hydrogen (secondary N) is 2. The molecular weight excluding hydrogens is 439 g/mol. The molecule has 2 atom stereocenters. The van der Waals surface area contributed by atoms with Gasteiger partial charge in [-0.15, -0.1) is 0 Å². The molecule has 13 heteroatoms. The first-order valence-corrected chi connectivity index (χ1v) is 10.3. The monoisotopic (exact) mass is 461 g/mol. The van der Waals surface area contributed by atoms with E-state index in [0.717, 1.165) is 0 Å². The Kier molecular flexibility index (Phi) is 6.84. The predicted octanol–water partition coefficient (Wildman–Crippen LogP) is 2.39. The molecule has 2 aromatic heterocycles. The summed E-state index contributed by atoms with van der Waals surface area (Å²) in [5, 5.41) is 3.31. The van der Waals surface area contributed by atoms with Crippen molar-refractivity contribution < 1.29 is 32.2 Å². The summed E-state index contributed by atoms with van der Waals surface area (Å²) in [7, 11) is 1.48. The van der Waals surface area contributed by atoms with E-state index in [-0.39, 0.29) is 12.3 Å². The van der Waals surface area contributed by atoms with Gasteiger partial charge in [0.2, 0.25) is 0 Å². The number of methoxy groups -OCH3 is 1. The number of piperidine rings is 1. The van der Waals surface area contributed by atoms with Crippen LogP contribution < -0.4 is 10.2 Å². The van der Waals surface area contributed by atoms with Crippen molar-refractivity contribution in [2.24, 2.45) is 0 Å². The van der Waals surface area contributed by atoms with Crippen LogP contribution in [0.5, 0.6) is 0 Å². The van der Waals surface area contributed by atoms with Gasteiger partial charge in [0.15, 0.2) is 16.6 Å². The van der Waals surface area contributed by atoms with Crippen molar-refractivity contribution in [1.82, 2.24) is 20.3 Å². The summed E-state index contributed by atoms with van der Waals surface area (Å²) in [5.41, 5.74) is -1.34. The van der Waals surface area contributed by atoms with E-state index < -0.39 is 41.7 Å². The molecule has 31 heavy (non-hydrogen) atoms. The SMILES string of the molecule is CCOC(=O)c1cnc(N2CCC(NC(=O)c3nc(C(F)(F)F)c(C)[nH]3)C(OC)C2)s1. The third kappa shape index (κ3) is 5.15. The number of H-pyrrole nitrogens is 1. The van der Waals surface area contributed by atoms with Crippen molar-refractivity contribution in [2.45, 2.75) is 38.6 Å². The Morgan fingerprint density at radius 3 is 2.77 bits per heavy atom. The highest BCUT2D eigenvalue weighted by molar-refractivity contribution is 7.17. The number of hydrogen-bond donors (Lipinski definition) is 2. The fourth-order valence-electron chi connectivity index (χ4n) is 3.28. The van der Waals surface area contributed by atoms with E-state index in [1.807, 2.05) is 4.90 Å². The van der Waals surface area contributed by atoms with Gasteiger partial charge in [0.05, 0.1) is 24.9 Å². The highest BCUT2D eigenvalue weighted by Gasteiger charge is 2.38. The van der Waals surface area contributed by atoms with Gasteiger partial charge in [-0.05, 0) is 20.3 Å². The number of ether oxygens (including phenoxy) is 2. The summed E-state index contributed by atoms with van der Waals surface area (Å²) in [6, 6.07) is -0.432. The summed E-state index contributed by atoms with van der Waals surface area (Å²) in [5.74, 6) is -1.58. The minimum Gasteiger partial charge on any atom is -0.462 e. The normalized spacial score (nSPS) is 19.4. The lowest BCUT2D eigenvalue weighted by molar-refractivity contribution is -0.141. The number of halogens is 3. The Balaban J connectivity index is 1.65. The quantitative estimate of drug-likeness (QED) is 0.636. The molecule has 0 aromatic carbocycles. The molecule has 1 aliphatic rings. The molecule has 0 saturated carbocycles. The molecule has 170 valence electrons. The molecule has 1 aliphatic heterocycles. The van der Waals surface area contributed by atoms with Crippen molar-refractivity contribution in [3.8, 4) is 0 Å². The van der Waals surface area contributed by atoms with Gasteiger partial charge in [0, 0.05) is 25.9 Å². The minimum absolute atomic E-state index is 0.225. The topological polar surface area (TPSA) is 109 Å². The van der Waals surface area contributed by atoms with E-state index >= 15 is 0 Å². The molecule has 1 fully saturated rings. The number of thiazole rings is 1. The second-order valence-electron chi connectivity index (χ2n) is 6.87. The maximum Gasteiger partial charge on any atom is 0.435 e. The first-order valence-electron chi connectivity index (χ1n) is 9.49. The zero-order chi connectivity index (χ0) is 22.8. The lowest BCUT2D eigenvalue weighted by atomic mass is 10.0. The van der Waals surface area contributed by atoms with Crippen molar-refractivity contribution in [1.29, 1.82) is 0 Å². The van der Waals surface area contributed by atoms with Gasteiger partial charge in [-0.3, -0.25) is 4.79 Å².